The molecule has 0 saturated carbocycles. The van der Waals surface area contributed by atoms with Crippen molar-refractivity contribution < 1.29 is 41.3 Å². The van der Waals surface area contributed by atoms with E-state index in [0.717, 1.165) is 16.7 Å². The molecule has 2 aliphatic rings. The second-order valence-electron chi connectivity index (χ2n) is 13.2. The minimum atomic E-state index is -4.19. The van der Waals surface area contributed by atoms with Gasteiger partial charge in [-0.25, -0.2) is 21.6 Å². The summed E-state index contributed by atoms with van der Waals surface area (Å²) in [6.45, 7) is 4.16. The molecule has 4 rings (SSSR count). The molecule has 13 nitrogen and oxygen atoms in total. The van der Waals surface area contributed by atoms with Crippen LogP contribution in [0.3, 0.4) is 0 Å². The number of aliphatic hydroxyl groups excluding tert-OH is 1. The summed E-state index contributed by atoms with van der Waals surface area (Å²) in [6.07, 6.45) is 0.0316. The Balaban J connectivity index is 1.63. The van der Waals surface area contributed by atoms with Crippen LogP contribution in [0.2, 0.25) is 0 Å². The van der Waals surface area contributed by atoms with E-state index in [9.17, 15) is 31.8 Å². The van der Waals surface area contributed by atoms with Gasteiger partial charge >= 0.3 is 0 Å². The average Bonchev–Trinajstić information content (AvgIpc) is 3.61. The molecule has 2 aromatic rings. The number of anilines is 1. The number of benzene rings is 2. The van der Waals surface area contributed by atoms with E-state index in [1.807, 2.05) is 44.2 Å². The van der Waals surface area contributed by atoms with Crippen LogP contribution in [0.4, 0.5) is 10.5 Å². The predicted molar refractivity (Wildman–Crippen MR) is 175 cm³/mol. The van der Waals surface area contributed by atoms with Gasteiger partial charge in [0.1, 0.15) is 6.09 Å². The molecule has 2 fully saturated rings. The maximum atomic E-state index is 14.2. The fraction of sp³-hybridized carbons (Fsp3) is 0.594. The molecule has 2 aromatic carbocycles. The van der Waals surface area contributed by atoms with E-state index < -0.39 is 62.6 Å². The summed E-state index contributed by atoms with van der Waals surface area (Å²) < 4.78 is 66.2. The molecule has 0 spiro atoms. The molecule has 262 valence electrons. The quantitative estimate of drug-likeness (QED) is 0.161. The van der Waals surface area contributed by atoms with Gasteiger partial charge in [-0.15, -0.1) is 0 Å². The highest BCUT2D eigenvalue weighted by Gasteiger charge is 2.47. The lowest BCUT2D eigenvalue weighted by Gasteiger charge is -2.43. The van der Waals surface area contributed by atoms with E-state index in [1.54, 1.807) is 0 Å². The standard InChI is InChI=1S/C32H48N4O9S2/c1-32(2,16-7-8-17-34-46(3,40)41)22-35(47(42,43)25-13-11-24(33)12-14-25)20-29(37)27(19-23-9-5-4-6-10-23)36(31(38)39)28-21-45-30-26(28)15-18-44-30/h4-6,9-14,26-30,34,37H,7-8,15-22,33H2,1-3H3,(H,38,39)/p-1/t26-,27+,28-,29-,30+/m1/s1. The summed E-state index contributed by atoms with van der Waals surface area (Å²) >= 11 is 0. The molecule has 47 heavy (non-hydrogen) atoms. The molecule has 4 N–H and O–H groups in total. The van der Waals surface area contributed by atoms with Crippen molar-refractivity contribution in [1.29, 1.82) is 0 Å². The Labute approximate surface area is 278 Å². The first kappa shape index (κ1) is 37.0. The molecule has 0 bridgehead atoms. The van der Waals surface area contributed by atoms with Crippen LogP contribution in [0, 0.1) is 11.3 Å². The molecular formula is C32H47N4O9S2-. The second kappa shape index (κ2) is 15.6. The average molecular weight is 696 g/mol. The first-order valence-corrected chi connectivity index (χ1v) is 19.2. The predicted octanol–water partition coefficient (Wildman–Crippen LogP) is 1.38. The number of rotatable bonds is 17. The number of sulfonamides is 2. The molecule has 2 aliphatic heterocycles. The third kappa shape index (κ3) is 10.1. The number of nitrogens with one attached hydrogen (secondary N) is 1. The third-order valence-electron chi connectivity index (χ3n) is 8.82. The maximum Gasteiger partial charge on any atom is 0.243 e. The number of hydrogen-bond donors (Lipinski definition) is 3. The normalized spacial score (nSPS) is 21.4. The number of ether oxygens (including phenoxy) is 2. The Kier molecular flexibility index (Phi) is 12.3. The fourth-order valence-electron chi connectivity index (χ4n) is 6.43. The number of carbonyl (C=O) groups is 1. The molecule has 1 amide bonds. The highest BCUT2D eigenvalue weighted by atomic mass is 32.2. The Morgan fingerprint density at radius 2 is 1.77 bits per heavy atom. The molecule has 0 aromatic heterocycles. The molecule has 5 atom stereocenters. The van der Waals surface area contributed by atoms with E-state index in [-0.39, 0.29) is 36.9 Å². The smallest absolute Gasteiger partial charge is 0.243 e. The number of hydrogen-bond acceptors (Lipinski definition) is 10. The summed E-state index contributed by atoms with van der Waals surface area (Å²) in [7, 11) is -7.51. The number of aliphatic hydroxyl groups is 1. The molecule has 0 aliphatic carbocycles. The van der Waals surface area contributed by atoms with Crippen LogP contribution < -0.4 is 15.6 Å². The van der Waals surface area contributed by atoms with Crippen molar-refractivity contribution in [3.63, 3.8) is 0 Å². The Bertz CT molecular complexity index is 1540. The van der Waals surface area contributed by atoms with Gasteiger partial charge in [-0.05, 0) is 60.9 Å². The summed E-state index contributed by atoms with van der Waals surface area (Å²) in [5, 5.41) is 24.8. The van der Waals surface area contributed by atoms with Crippen molar-refractivity contribution in [3.05, 3.63) is 60.2 Å². The van der Waals surface area contributed by atoms with Gasteiger partial charge in [0.2, 0.25) is 20.0 Å². The molecule has 2 heterocycles. The van der Waals surface area contributed by atoms with Crippen LogP contribution in [-0.4, -0.2) is 101 Å². The highest BCUT2D eigenvalue weighted by Crippen LogP contribution is 2.36. The number of carbonyl (C=O) groups excluding carboxylic acids is 1. The maximum absolute atomic E-state index is 14.2. The van der Waals surface area contributed by atoms with E-state index in [4.69, 9.17) is 15.2 Å². The molecule has 0 radical (unpaired) electrons. The summed E-state index contributed by atoms with van der Waals surface area (Å²) in [5.74, 6) is -0.246. The van der Waals surface area contributed by atoms with E-state index in [0.29, 0.717) is 38.0 Å². The number of carboxylic acid groups (broad SMARTS) is 1. The lowest BCUT2D eigenvalue weighted by atomic mass is 9.87. The van der Waals surface area contributed by atoms with Gasteiger partial charge in [0, 0.05) is 31.2 Å². The number of nitrogens with two attached hydrogens (primary N) is 1. The molecular weight excluding hydrogens is 649 g/mol. The minimum Gasteiger partial charge on any atom is -0.530 e. The van der Waals surface area contributed by atoms with E-state index in [2.05, 4.69) is 4.72 Å². The third-order valence-corrected chi connectivity index (χ3v) is 11.4. The van der Waals surface area contributed by atoms with E-state index in [1.165, 1.54) is 28.6 Å². The first-order chi connectivity index (χ1) is 22.1. The van der Waals surface area contributed by atoms with Crippen molar-refractivity contribution in [2.45, 2.75) is 75.3 Å². The van der Waals surface area contributed by atoms with Crippen molar-refractivity contribution in [1.82, 2.24) is 13.9 Å². The number of unbranched alkanes of at least 4 members (excludes halogenated alkanes) is 1. The Morgan fingerprint density at radius 3 is 2.40 bits per heavy atom. The van der Waals surface area contributed by atoms with Gasteiger partial charge in [-0.1, -0.05) is 50.6 Å². The van der Waals surface area contributed by atoms with Crippen molar-refractivity contribution in [3.8, 4) is 0 Å². The fourth-order valence-corrected chi connectivity index (χ4v) is 8.59. The van der Waals surface area contributed by atoms with Crippen LogP contribution in [0.15, 0.2) is 59.5 Å². The molecule has 2 saturated heterocycles. The lowest BCUT2D eigenvalue weighted by Crippen LogP contribution is -2.61. The molecule has 0 unspecified atom stereocenters. The zero-order valence-corrected chi connectivity index (χ0v) is 28.8. The number of nitrogens with zero attached hydrogens (tertiary/aromatic N) is 2. The number of amides is 1. The van der Waals surface area contributed by atoms with Gasteiger partial charge in [0.05, 0.1) is 42.6 Å². The first-order valence-electron chi connectivity index (χ1n) is 15.8. The van der Waals surface area contributed by atoms with Crippen LogP contribution in [0.1, 0.15) is 45.1 Å². The number of fused-ring (bicyclic) bond motifs is 1. The van der Waals surface area contributed by atoms with Gasteiger partial charge in [0.25, 0.3) is 0 Å². The highest BCUT2D eigenvalue weighted by molar-refractivity contribution is 7.89. The van der Waals surface area contributed by atoms with Crippen molar-refractivity contribution in [2.24, 2.45) is 11.3 Å². The summed E-state index contributed by atoms with van der Waals surface area (Å²) in [4.78, 5) is 13.9. The van der Waals surface area contributed by atoms with Crippen molar-refractivity contribution in [2.75, 3.05) is 44.8 Å². The SMILES string of the molecule is CC(C)(CCCCNS(C)(=O)=O)CN(C[C@@H](O)[C@H](Cc1ccccc1)N(C(=O)[O-])[C@@H]1CO[C@@H]2OCC[C@@H]21)S(=O)(=O)c1ccc(N)cc1. The van der Waals surface area contributed by atoms with Gasteiger partial charge < -0.3 is 35.1 Å². The summed E-state index contributed by atoms with van der Waals surface area (Å²) in [6, 6.07) is 13.2. The molecule has 15 heteroatoms. The lowest BCUT2D eigenvalue weighted by molar-refractivity contribution is -0.273. The number of nitrogen functional groups attached to an aromatic ring is 1. The second-order valence-corrected chi connectivity index (χ2v) is 17.0. The Hall–Kier alpha value is -2.79. The summed E-state index contributed by atoms with van der Waals surface area (Å²) in [5.41, 5.74) is 6.38. The van der Waals surface area contributed by atoms with Crippen LogP contribution in [0.25, 0.3) is 0 Å². The van der Waals surface area contributed by atoms with Crippen LogP contribution in [0.5, 0.6) is 0 Å². The van der Waals surface area contributed by atoms with Gasteiger partial charge in [-0.3, -0.25) is 0 Å². The monoisotopic (exact) mass is 695 g/mol. The zero-order chi connectivity index (χ0) is 34.4. The van der Waals surface area contributed by atoms with Crippen LogP contribution >= 0.6 is 0 Å². The van der Waals surface area contributed by atoms with E-state index >= 15 is 0 Å². The zero-order valence-electron chi connectivity index (χ0n) is 27.2. The van der Waals surface area contributed by atoms with Crippen molar-refractivity contribution >= 4 is 31.8 Å². The van der Waals surface area contributed by atoms with Crippen LogP contribution in [-0.2, 0) is 35.9 Å². The minimum absolute atomic E-state index is 0.00469. The largest absolute Gasteiger partial charge is 0.530 e. The van der Waals surface area contributed by atoms with Gasteiger partial charge in [-0.2, -0.15) is 4.31 Å². The van der Waals surface area contributed by atoms with Gasteiger partial charge in [0.15, 0.2) is 6.29 Å². The topological polar surface area (TPSA) is 192 Å². The Morgan fingerprint density at radius 1 is 1.09 bits per heavy atom.